The van der Waals surface area contributed by atoms with Crippen LogP contribution in [0.5, 0.6) is 0 Å². The number of ether oxygens (including phenoxy) is 2. The summed E-state index contributed by atoms with van der Waals surface area (Å²) in [5, 5.41) is 16.4. The Balaban J connectivity index is 1.15. The number of halogens is 3. The van der Waals surface area contributed by atoms with Gasteiger partial charge in [0.2, 0.25) is 0 Å². The number of hydrogen-bond acceptors (Lipinski definition) is 7. The fourth-order valence-electron chi connectivity index (χ4n) is 5.95. The van der Waals surface area contributed by atoms with Crippen molar-refractivity contribution in [2.24, 2.45) is 18.9 Å². The van der Waals surface area contributed by atoms with E-state index in [4.69, 9.17) is 9.47 Å². The van der Waals surface area contributed by atoms with E-state index in [0.29, 0.717) is 37.2 Å². The van der Waals surface area contributed by atoms with Crippen LogP contribution in [0.1, 0.15) is 18.4 Å². The molecule has 4 atom stereocenters. The van der Waals surface area contributed by atoms with Crippen LogP contribution in [0.2, 0.25) is 0 Å². The molecule has 1 aromatic carbocycles. The normalized spacial score (nSPS) is 27.0. The van der Waals surface area contributed by atoms with E-state index in [9.17, 15) is 13.2 Å². The number of aryl methyl sites for hydroxylation is 1. The smallest absolute Gasteiger partial charge is 0.376 e. The molecule has 2 saturated heterocycles. The molecule has 3 fully saturated rings. The summed E-state index contributed by atoms with van der Waals surface area (Å²) in [5.41, 5.74) is 0.745. The first-order valence-corrected chi connectivity index (χ1v) is 12.4. The molecule has 1 aliphatic carbocycles. The minimum absolute atomic E-state index is 0.0515. The minimum Gasteiger partial charge on any atom is -0.376 e. The summed E-state index contributed by atoms with van der Waals surface area (Å²) in [6.07, 6.45) is -0.975. The van der Waals surface area contributed by atoms with Crippen LogP contribution in [0.3, 0.4) is 0 Å². The zero-order chi connectivity index (χ0) is 24.9. The Bertz CT molecular complexity index is 1230. The molecule has 3 aromatic rings. The molecule has 11 heteroatoms. The average molecular weight is 503 g/mol. The SMILES string of the molecule is Cn1cc2cc(-c3cc(C(F)(F)F)c(N[C@@H]4C[C@@H]5CN(CC6COCCO6)C[C@@H]5C4)nn3)ccc2n1. The Morgan fingerprint density at radius 2 is 1.89 bits per heavy atom. The van der Waals surface area contributed by atoms with Crippen molar-refractivity contribution >= 4 is 16.7 Å². The van der Waals surface area contributed by atoms with E-state index in [1.165, 1.54) is 0 Å². The van der Waals surface area contributed by atoms with Crippen molar-refractivity contribution in [3.8, 4) is 11.3 Å². The number of aromatic nitrogens is 4. The first-order chi connectivity index (χ1) is 17.3. The molecule has 6 rings (SSSR count). The second kappa shape index (κ2) is 9.28. The highest BCUT2D eigenvalue weighted by Gasteiger charge is 2.43. The molecular weight excluding hydrogens is 473 g/mol. The van der Waals surface area contributed by atoms with E-state index in [2.05, 4.69) is 25.5 Å². The lowest BCUT2D eigenvalue weighted by atomic mass is 10.0. The van der Waals surface area contributed by atoms with Crippen LogP contribution in [-0.2, 0) is 22.7 Å². The number of alkyl halides is 3. The van der Waals surface area contributed by atoms with Crippen molar-refractivity contribution in [1.29, 1.82) is 0 Å². The van der Waals surface area contributed by atoms with Gasteiger partial charge in [0.05, 0.1) is 37.1 Å². The van der Waals surface area contributed by atoms with Crippen molar-refractivity contribution in [3.05, 3.63) is 36.0 Å². The molecule has 8 nitrogen and oxygen atoms in total. The van der Waals surface area contributed by atoms with Gasteiger partial charge in [-0.1, -0.05) is 6.07 Å². The highest BCUT2D eigenvalue weighted by atomic mass is 19.4. The number of anilines is 1. The van der Waals surface area contributed by atoms with Crippen LogP contribution in [-0.4, -0.2) is 76.5 Å². The molecule has 36 heavy (non-hydrogen) atoms. The Hall–Kier alpha value is -2.76. The van der Waals surface area contributed by atoms with Gasteiger partial charge in [0.25, 0.3) is 0 Å². The number of benzene rings is 1. The molecule has 1 saturated carbocycles. The van der Waals surface area contributed by atoms with Crippen LogP contribution >= 0.6 is 0 Å². The van der Waals surface area contributed by atoms with Crippen molar-refractivity contribution in [2.75, 3.05) is 44.8 Å². The summed E-state index contributed by atoms with van der Waals surface area (Å²) in [5.74, 6) is 0.725. The fourth-order valence-corrected chi connectivity index (χ4v) is 5.95. The van der Waals surface area contributed by atoms with Gasteiger partial charge in [-0.05, 0) is 42.9 Å². The molecule has 0 spiro atoms. The van der Waals surface area contributed by atoms with Crippen LogP contribution in [0.4, 0.5) is 19.0 Å². The lowest BCUT2D eigenvalue weighted by molar-refractivity contribution is -0.137. The molecule has 2 aromatic heterocycles. The lowest BCUT2D eigenvalue weighted by Crippen LogP contribution is -2.39. The number of rotatable bonds is 5. The quantitative estimate of drug-likeness (QED) is 0.572. The number of hydrogen-bond donors (Lipinski definition) is 1. The maximum Gasteiger partial charge on any atom is 0.420 e. The summed E-state index contributed by atoms with van der Waals surface area (Å²) < 4.78 is 55.0. The van der Waals surface area contributed by atoms with E-state index in [1.54, 1.807) is 29.9 Å². The van der Waals surface area contributed by atoms with E-state index in [-0.39, 0.29) is 23.7 Å². The van der Waals surface area contributed by atoms with Gasteiger partial charge in [0, 0.05) is 49.9 Å². The zero-order valence-electron chi connectivity index (χ0n) is 20.0. The number of fused-ring (bicyclic) bond motifs is 2. The number of nitrogens with zero attached hydrogens (tertiary/aromatic N) is 5. The van der Waals surface area contributed by atoms with E-state index in [0.717, 1.165) is 49.4 Å². The molecule has 3 aliphatic rings. The highest BCUT2D eigenvalue weighted by Crippen LogP contribution is 2.41. The second-order valence-electron chi connectivity index (χ2n) is 10.2. The average Bonchev–Trinajstić information content (AvgIpc) is 3.50. The molecule has 4 heterocycles. The zero-order valence-corrected chi connectivity index (χ0v) is 20.0. The predicted octanol–water partition coefficient (Wildman–Crippen LogP) is 3.59. The molecule has 1 unspecified atom stereocenters. The van der Waals surface area contributed by atoms with Crippen LogP contribution < -0.4 is 5.32 Å². The summed E-state index contributed by atoms with van der Waals surface area (Å²) >= 11 is 0. The number of nitrogens with one attached hydrogen (secondary N) is 1. The van der Waals surface area contributed by atoms with Crippen molar-refractivity contribution in [3.63, 3.8) is 0 Å². The first-order valence-electron chi connectivity index (χ1n) is 12.4. The molecule has 0 radical (unpaired) electrons. The summed E-state index contributed by atoms with van der Waals surface area (Å²) in [6, 6.07) is 6.33. The third kappa shape index (κ3) is 4.79. The van der Waals surface area contributed by atoms with Crippen molar-refractivity contribution in [2.45, 2.75) is 31.2 Å². The Labute approximate surface area is 206 Å². The monoisotopic (exact) mass is 502 g/mol. The standard InChI is InChI=1S/C25H29F3N6O2/c1-33-10-18-6-15(2-3-22(18)32-33)23-9-21(25(26,27)28)24(31-30-23)29-19-7-16-11-34(12-17(16)8-19)13-20-14-35-4-5-36-20/h2-3,6,9-10,16-17,19-20H,4-5,7-8,11-14H2,1H3,(H,29,31)/t16-,17+,19-,20?. The summed E-state index contributed by atoms with van der Waals surface area (Å²) in [4.78, 5) is 2.40. The maximum absolute atomic E-state index is 14.0. The van der Waals surface area contributed by atoms with Crippen molar-refractivity contribution < 1.29 is 22.6 Å². The second-order valence-corrected chi connectivity index (χ2v) is 10.2. The largest absolute Gasteiger partial charge is 0.420 e. The Kier molecular flexibility index (Phi) is 6.09. The van der Waals surface area contributed by atoms with Crippen LogP contribution in [0.15, 0.2) is 30.5 Å². The third-order valence-corrected chi connectivity index (χ3v) is 7.53. The molecule has 2 aliphatic heterocycles. The topological polar surface area (TPSA) is 77.3 Å². The fraction of sp³-hybridized carbons (Fsp3) is 0.560. The Morgan fingerprint density at radius 1 is 1.08 bits per heavy atom. The van der Waals surface area contributed by atoms with Gasteiger partial charge in [-0.25, -0.2) is 0 Å². The van der Waals surface area contributed by atoms with Gasteiger partial charge in [-0.15, -0.1) is 10.2 Å². The third-order valence-electron chi connectivity index (χ3n) is 7.53. The van der Waals surface area contributed by atoms with Crippen LogP contribution in [0, 0.1) is 11.8 Å². The minimum atomic E-state index is -4.54. The van der Waals surface area contributed by atoms with Gasteiger partial charge >= 0.3 is 6.18 Å². The van der Waals surface area contributed by atoms with Gasteiger partial charge in [-0.2, -0.15) is 18.3 Å². The Morgan fingerprint density at radius 3 is 2.61 bits per heavy atom. The molecule has 0 bridgehead atoms. The maximum atomic E-state index is 14.0. The molecule has 192 valence electrons. The molecular formula is C25H29F3N6O2. The lowest BCUT2D eigenvalue weighted by Gasteiger charge is -2.28. The van der Waals surface area contributed by atoms with E-state index >= 15 is 0 Å². The predicted molar refractivity (Wildman–Crippen MR) is 127 cm³/mol. The molecule has 0 amide bonds. The highest BCUT2D eigenvalue weighted by molar-refractivity contribution is 5.83. The van der Waals surface area contributed by atoms with Crippen LogP contribution in [0.25, 0.3) is 22.2 Å². The summed E-state index contributed by atoms with van der Waals surface area (Å²) in [6.45, 7) is 4.64. The van der Waals surface area contributed by atoms with Gasteiger partial charge in [-0.3, -0.25) is 4.68 Å². The van der Waals surface area contributed by atoms with Crippen molar-refractivity contribution in [1.82, 2.24) is 24.9 Å². The van der Waals surface area contributed by atoms with Gasteiger partial charge < -0.3 is 19.7 Å². The van der Waals surface area contributed by atoms with Gasteiger partial charge in [0.15, 0.2) is 5.82 Å². The van der Waals surface area contributed by atoms with E-state index < -0.39 is 11.7 Å². The van der Waals surface area contributed by atoms with Gasteiger partial charge in [0.1, 0.15) is 5.56 Å². The molecule has 1 N–H and O–H groups in total. The van der Waals surface area contributed by atoms with E-state index in [1.807, 2.05) is 6.20 Å². The number of likely N-dealkylation sites (tertiary alicyclic amines) is 1. The first kappa shape index (κ1) is 23.6. The summed E-state index contributed by atoms with van der Waals surface area (Å²) in [7, 11) is 1.80.